The predicted octanol–water partition coefficient (Wildman–Crippen LogP) is 5.19. The molecule has 2 aromatic carbocycles. The zero-order valence-electron chi connectivity index (χ0n) is 19.7. The Labute approximate surface area is 208 Å². The van der Waals surface area contributed by atoms with E-state index in [4.69, 9.17) is 19.3 Å². The van der Waals surface area contributed by atoms with E-state index in [2.05, 4.69) is 27.4 Å². The molecule has 0 amide bonds. The van der Waals surface area contributed by atoms with E-state index in [1.165, 1.54) is 0 Å². The highest BCUT2D eigenvalue weighted by molar-refractivity contribution is 7.99. The average molecular weight is 497 g/mol. The summed E-state index contributed by atoms with van der Waals surface area (Å²) in [5, 5.41) is 21.7. The highest BCUT2D eigenvalue weighted by Crippen LogP contribution is 2.41. The highest BCUT2D eigenvalue weighted by atomic mass is 32.2. The van der Waals surface area contributed by atoms with Gasteiger partial charge in [-0.05, 0) is 37.6 Å². The molecule has 1 aliphatic heterocycles. The van der Waals surface area contributed by atoms with E-state index >= 15 is 0 Å². The molecule has 4 rings (SSSR count). The van der Waals surface area contributed by atoms with Crippen LogP contribution >= 0.6 is 11.8 Å². The van der Waals surface area contributed by atoms with Crippen LogP contribution in [0.3, 0.4) is 0 Å². The summed E-state index contributed by atoms with van der Waals surface area (Å²) in [5.41, 5.74) is 3.01. The Morgan fingerprint density at radius 3 is 2.77 bits per heavy atom. The van der Waals surface area contributed by atoms with Crippen molar-refractivity contribution >= 4 is 23.4 Å². The predicted molar refractivity (Wildman–Crippen MR) is 133 cm³/mol. The van der Waals surface area contributed by atoms with Crippen LogP contribution in [-0.4, -0.2) is 45.2 Å². The van der Waals surface area contributed by atoms with E-state index in [-0.39, 0.29) is 0 Å². The first kappa shape index (κ1) is 24.6. The Morgan fingerprint density at radius 1 is 1.11 bits per heavy atom. The van der Waals surface area contributed by atoms with Gasteiger partial charge >= 0.3 is 5.97 Å². The molecule has 1 aromatic heterocycles. The molecule has 35 heavy (non-hydrogen) atoms. The molecule has 0 saturated carbocycles. The topological polar surface area (TPSA) is 116 Å². The Bertz CT molecular complexity index is 1180. The number of nitrogens with zero attached hydrogens (tertiary/aromatic N) is 3. The lowest BCUT2D eigenvalue weighted by Gasteiger charge is -2.21. The minimum absolute atomic E-state index is 0.349. The number of carbonyl (C=O) groups is 1. The molecule has 0 saturated heterocycles. The number of nitrogens with one attached hydrogen (secondary N) is 1. The molecule has 0 bridgehead atoms. The van der Waals surface area contributed by atoms with E-state index in [0.29, 0.717) is 34.8 Å². The molecule has 10 heteroatoms. The number of rotatable bonds is 11. The number of aromatic nitrogens is 3. The lowest BCUT2D eigenvalue weighted by Crippen LogP contribution is -2.17. The fraction of sp³-hybridized carbons (Fsp3) is 0.360. The molecular weight excluding hydrogens is 468 g/mol. The number of anilines is 1. The molecule has 0 radical (unpaired) electrons. The summed E-state index contributed by atoms with van der Waals surface area (Å²) in [5.74, 6) is 1.03. The van der Waals surface area contributed by atoms with E-state index < -0.39 is 18.8 Å². The van der Waals surface area contributed by atoms with Crippen molar-refractivity contribution < 1.29 is 24.1 Å². The van der Waals surface area contributed by atoms with Gasteiger partial charge < -0.3 is 24.6 Å². The summed E-state index contributed by atoms with van der Waals surface area (Å²) in [6.45, 7) is 3.96. The van der Waals surface area contributed by atoms with Crippen LogP contribution in [0, 0.1) is 0 Å². The van der Waals surface area contributed by atoms with Crippen LogP contribution in [0.2, 0.25) is 0 Å². The average Bonchev–Trinajstić information content (AvgIpc) is 3.02. The van der Waals surface area contributed by atoms with E-state index in [1.807, 2.05) is 31.2 Å². The lowest BCUT2D eigenvalue weighted by atomic mass is 10.1. The van der Waals surface area contributed by atoms with Crippen LogP contribution in [0.1, 0.15) is 44.9 Å². The Hall–Kier alpha value is -3.53. The van der Waals surface area contributed by atoms with Gasteiger partial charge in [0.2, 0.25) is 11.0 Å². The van der Waals surface area contributed by atoms with Gasteiger partial charge in [-0.3, -0.25) is 0 Å². The zero-order chi connectivity index (χ0) is 24.6. The zero-order valence-corrected chi connectivity index (χ0v) is 20.5. The smallest absolute Gasteiger partial charge is 0.341 e. The first-order valence-corrected chi connectivity index (χ1v) is 12.6. The van der Waals surface area contributed by atoms with Crippen LogP contribution < -0.4 is 19.5 Å². The lowest BCUT2D eigenvalue weighted by molar-refractivity contribution is -0.139. The van der Waals surface area contributed by atoms with Crippen LogP contribution in [0.4, 0.5) is 5.69 Å². The maximum atomic E-state index is 10.9. The number of unbranched alkanes of at least 4 members (excludes halogenated alkanes) is 2. The number of carboxylic acid groups (broad SMARTS) is 1. The molecule has 184 valence electrons. The number of hydrogen-bond acceptors (Lipinski definition) is 9. The fourth-order valence-electron chi connectivity index (χ4n) is 3.59. The van der Waals surface area contributed by atoms with Gasteiger partial charge in [0.05, 0.1) is 6.61 Å². The van der Waals surface area contributed by atoms with Crippen LogP contribution in [0.25, 0.3) is 11.3 Å². The molecule has 2 heterocycles. The summed E-state index contributed by atoms with van der Waals surface area (Å²) in [6, 6.07) is 13.0. The summed E-state index contributed by atoms with van der Waals surface area (Å²) in [4.78, 5) is 15.6. The molecule has 0 fully saturated rings. The maximum absolute atomic E-state index is 10.9. The number of hydrogen-bond donors (Lipinski definition) is 2. The van der Waals surface area contributed by atoms with Crippen molar-refractivity contribution in [2.45, 2.75) is 44.5 Å². The second-order valence-electron chi connectivity index (χ2n) is 7.81. The van der Waals surface area contributed by atoms with Crippen molar-refractivity contribution in [1.29, 1.82) is 0 Å². The molecule has 0 aliphatic carbocycles. The van der Waals surface area contributed by atoms with Gasteiger partial charge in [-0.1, -0.05) is 49.7 Å². The minimum Gasteiger partial charge on any atom is -0.490 e. The standard InChI is InChI=1S/C25H28N4O5S/c1-3-5-8-13-35-25-27-24-22(28-29-25)17-9-6-7-10-18(17)26-23(34-24)16-11-12-19(33-15-21(30)31)20(14-16)32-4-2/h6-7,9-12,14,23,26H,3-5,8,13,15H2,1-2H3,(H,30,31)/t23-/m1/s1. The van der Waals surface area contributed by atoms with Gasteiger partial charge in [0, 0.05) is 22.6 Å². The first-order chi connectivity index (χ1) is 17.1. The molecule has 0 unspecified atom stereocenters. The largest absolute Gasteiger partial charge is 0.490 e. The SMILES string of the molecule is CCCCCSc1nnc2c(n1)O[C@H](c1ccc(OCC(=O)O)c(OCC)c1)Nc1ccccc1-2. The van der Waals surface area contributed by atoms with Crippen molar-refractivity contribution in [3.63, 3.8) is 0 Å². The van der Waals surface area contributed by atoms with Gasteiger partial charge in [-0.2, -0.15) is 4.98 Å². The Kier molecular flexibility index (Phi) is 8.25. The molecule has 9 nitrogen and oxygen atoms in total. The highest BCUT2D eigenvalue weighted by Gasteiger charge is 2.27. The van der Waals surface area contributed by atoms with E-state index in [1.54, 1.807) is 30.0 Å². The molecule has 0 spiro atoms. The van der Waals surface area contributed by atoms with Crippen LogP contribution in [0.5, 0.6) is 17.4 Å². The minimum atomic E-state index is -1.06. The Morgan fingerprint density at radius 2 is 1.97 bits per heavy atom. The third-order valence-electron chi connectivity index (χ3n) is 5.23. The number of carboxylic acids is 1. The number of fused-ring (bicyclic) bond motifs is 3. The van der Waals surface area contributed by atoms with Gasteiger partial charge in [-0.25, -0.2) is 4.79 Å². The second-order valence-corrected chi connectivity index (χ2v) is 8.88. The van der Waals surface area contributed by atoms with Crippen LogP contribution in [0.15, 0.2) is 47.6 Å². The maximum Gasteiger partial charge on any atom is 0.341 e. The van der Waals surface area contributed by atoms with Gasteiger partial charge in [0.1, 0.15) is 0 Å². The molecule has 3 aromatic rings. The summed E-state index contributed by atoms with van der Waals surface area (Å²) < 4.78 is 17.4. The molecule has 2 N–H and O–H groups in total. The van der Waals surface area contributed by atoms with Crippen molar-refractivity contribution in [2.24, 2.45) is 0 Å². The van der Waals surface area contributed by atoms with Crippen LogP contribution in [-0.2, 0) is 4.79 Å². The second kappa shape index (κ2) is 11.7. The van der Waals surface area contributed by atoms with Crippen molar-refractivity contribution in [3.05, 3.63) is 48.0 Å². The van der Waals surface area contributed by atoms with Crippen molar-refractivity contribution in [3.8, 4) is 28.6 Å². The number of aliphatic carboxylic acids is 1. The fourth-order valence-corrected chi connectivity index (χ4v) is 4.37. The number of benzene rings is 2. The number of thioether (sulfide) groups is 1. The molecule has 1 atom stereocenters. The monoisotopic (exact) mass is 496 g/mol. The number of ether oxygens (including phenoxy) is 3. The van der Waals surface area contributed by atoms with Gasteiger partial charge in [0.25, 0.3) is 0 Å². The van der Waals surface area contributed by atoms with Gasteiger partial charge in [-0.15, -0.1) is 10.2 Å². The quantitative estimate of drug-likeness (QED) is 0.271. The first-order valence-electron chi connectivity index (χ1n) is 11.6. The summed E-state index contributed by atoms with van der Waals surface area (Å²) in [6.07, 6.45) is 2.81. The Balaban J connectivity index is 1.66. The third kappa shape index (κ3) is 6.13. The van der Waals surface area contributed by atoms with Crippen molar-refractivity contribution in [1.82, 2.24) is 15.2 Å². The number of para-hydroxylation sites is 1. The summed E-state index contributed by atoms with van der Waals surface area (Å²) >= 11 is 1.57. The van der Waals surface area contributed by atoms with E-state index in [9.17, 15) is 4.79 Å². The molecular formula is C25H28N4O5S. The van der Waals surface area contributed by atoms with Crippen molar-refractivity contribution in [2.75, 3.05) is 24.3 Å². The van der Waals surface area contributed by atoms with E-state index in [0.717, 1.165) is 41.8 Å². The summed E-state index contributed by atoms with van der Waals surface area (Å²) in [7, 11) is 0. The normalized spacial score (nSPS) is 14.1. The van der Waals surface area contributed by atoms with Gasteiger partial charge in [0.15, 0.2) is 30.0 Å². The third-order valence-corrected chi connectivity index (χ3v) is 6.16. The molecule has 1 aliphatic rings.